The van der Waals surface area contributed by atoms with Crippen LogP contribution in [0.4, 0.5) is 11.4 Å². The quantitative estimate of drug-likeness (QED) is 0.228. The Kier molecular flexibility index (Phi) is 9.02. The average Bonchev–Trinajstić information content (AvgIpc) is 3.67. The Morgan fingerprint density at radius 2 is 1.69 bits per heavy atom. The van der Waals surface area contributed by atoms with Crippen LogP contribution in [-0.4, -0.2) is 80.0 Å². The van der Waals surface area contributed by atoms with Crippen LogP contribution in [0.3, 0.4) is 0 Å². The van der Waals surface area contributed by atoms with E-state index in [0.717, 1.165) is 43.0 Å². The van der Waals surface area contributed by atoms with E-state index in [1.807, 2.05) is 41.6 Å². The number of hydrogen-bond donors (Lipinski definition) is 1. The lowest BCUT2D eigenvalue weighted by molar-refractivity contribution is 0.0193. The molecule has 0 radical (unpaired) electrons. The lowest BCUT2D eigenvalue weighted by Gasteiger charge is -2.40. The number of phenols is 1. The summed E-state index contributed by atoms with van der Waals surface area (Å²) in [5.74, 6) is -0.263. The summed E-state index contributed by atoms with van der Waals surface area (Å²) < 4.78 is 9.18. The Morgan fingerprint density at radius 1 is 0.959 bits per heavy atom. The van der Waals surface area contributed by atoms with E-state index in [-0.39, 0.29) is 23.6 Å². The molecule has 2 aliphatic heterocycles. The van der Waals surface area contributed by atoms with Crippen molar-refractivity contribution in [3.8, 4) is 17.0 Å². The highest BCUT2D eigenvalue weighted by Gasteiger charge is 2.34. The molecule has 2 aromatic heterocycles. The van der Waals surface area contributed by atoms with Crippen molar-refractivity contribution < 1.29 is 19.4 Å². The van der Waals surface area contributed by atoms with Crippen molar-refractivity contribution in [2.24, 2.45) is 14.1 Å². The molecule has 4 heterocycles. The Morgan fingerprint density at radius 3 is 2.41 bits per heavy atom. The number of aryl methyl sites for hydroxylation is 1. The number of benzene rings is 3. The second kappa shape index (κ2) is 13.5. The van der Waals surface area contributed by atoms with Gasteiger partial charge in [-0.05, 0) is 66.9 Å². The summed E-state index contributed by atoms with van der Waals surface area (Å²) in [6.07, 6.45) is 4.16. The summed E-state index contributed by atoms with van der Waals surface area (Å²) in [6, 6.07) is 22.0. The van der Waals surface area contributed by atoms with Crippen molar-refractivity contribution in [2.45, 2.75) is 25.9 Å². The van der Waals surface area contributed by atoms with Gasteiger partial charge in [0.25, 0.3) is 11.8 Å². The third kappa shape index (κ3) is 6.47. The zero-order chi connectivity index (χ0) is 34.2. The molecule has 0 aliphatic carbocycles. The zero-order valence-corrected chi connectivity index (χ0v) is 28.6. The number of anilines is 2. The third-order valence-electron chi connectivity index (χ3n) is 9.70. The molecule has 2 aliphatic rings. The number of aromatic hydroxyl groups is 1. The number of halogens is 1. The minimum absolute atomic E-state index is 0.0297. The molecule has 0 bridgehead atoms. The Hall–Kier alpha value is -4.90. The summed E-state index contributed by atoms with van der Waals surface area (Å²) >= 11 is 6.59. The SMILES string of the molecule is Cc1c(C(=O)N(c2ccc(O)cc2)c2cnn(C)c2)cc(-c2ccc(Cl)cc2C(=O)N2Cc3ccccc3C[C@H]2CN2CCOCC2)n1C. The highest BCUT2D eigenvalue weighted by molar-refractivity contribution is 6.31. The van der Waals surface area contributed by atoms with Gasteiger partial charge in [0.1, 0.15) is 5.75 Å². The number of fused-ring (bicyclic) bond motifs is 1. The first-order valence-corrected chi connectivity index (χ1v) is 16.8. The van der Waals surface area contributed by atoms with Gasteiger partial charge in [-0.1, -0.05) is 41.9 Å². The molecule has 1 N–H and O–H groups in total. The van der Waals surface area contributed by atoms with E-state index in [2.05, 4.69) is 28.2 Å². The van der Waals surface area contributed by atoms with Crippen LogP contribution in [0, 0.1) is 6.92 Å². The number of hydrogen-bond acceptors (Lipinski definition) is 6. The number of carbonyl (C=O) groups excluding carboxylic acids is 2. The smallest absolute Gasteiger partial charge is 0.264 e. The number of phenolic OH excluding ortho intramolecular Hbond substituents is 1. The molecule has 7 rings (SSSR count). The van der Waals surface area contributed by atoms with Gasteiger partial charge >= 0.3 is 0 Å². The minimum atomic E-state index is -0.266. The summed E-state index contributed by atoms with van der Waals surface area (Å²) in [4.78, 5) is 35.1. The van der Waals surface area contributed by atoms with Crippen molar-refractivity contribution in [1.82, 2.24) is 24.1 Å². The molecule has 1 saturated heterocycles. The van der Waals surface area contributed by atoms with Crippen LogP contribution in [0.25, 0.3) is 11.3 Å². The van der Waals surface area contributed by atoms with Gasteiger partial charge in [0, 0.05) is 80.2 Å². The molecular weight excluding hydrogens is 640 g/mol. The Bertz CT molecular complexity index is 2010. The molecule has 10 nitrogen and oxygen atoms in total. The second-order valence-corrected chi connectivity index (χ2v) is 13.2. The lowest BCUT2D eigenvalue weighted by Crippen LogP contribution is -2.52. The first-order valence-electron chi connectivity index (χ1n) is 16.4. The number of morpholine rings is 1. The fourth-order valence-corrected chi connectivity index (χ4v) is 7.12. The summed E-state index contributed by atoms with van der Waals surface area (Å²) in [6.45, 7) is 6.20. The maximum absolute atomic E-state index is 14.8. The minimum Gasteiger partial charge on any atom is -0.508 e. The molecule has 1 atom stereocenters. The highest BCUT2D eigenvalue weighted by Crippen LogP contribution is 2.35. The molecule has 49 heavy (non-hydrogen) atoms. The van der Waals surface area contributed by atoms with Crippen molar-refractivity contribution in [2.75, 3.05) is 37.7 Å². The number of carbonyl (C=O) groups is 2. The average molecular weight is 679 g/mol. The number of amides is 2. The first kappa shape index (κ1) is 32.6. The van der Waals surface area contributed by atoms with E-state index >= 15 is 0 Å². The molecule has 1 fully saturated rings. The molecular formula is C38H39ClN6O4. The molecule has 252 valence electrons. The van der Waals surface area contributed by atoms with E-state index < -0.39 is 0 Å². The van der Waals surface area contributed by atoms with Crippen LogP contribution >= 0.6 is 11.6 Å². The van der Waals surface area contributed by atoms with Crippen LogP contribution in [0.1, 0.15) is 37.5 Å². The summed E-state index contributed by atoms with van der Waals surface area (Å²) in [5, 5.41) is 14.7. The fraction of sp³-hybridized carbons (Fsp3) is 0.289. The van der Waals surface area contributed by atoms with Gasteiger partial charge in [-0.15, -0.1) is 0 Å². The highest BCUT2D eigenvalue weighted by atomic mass is 35.5. The summed E-state index contributed by atoms with van der Waals surface area (Å²) in [5.41, 5.74) is 6.69. The van der Waals surface area contributed by atoms with E-state index in [1.165, 1.54) is 5.56 Å². The normalized spacial score (nSPS) is 16.4. The van der Waals surface area contributed by atoms with Gasteiger partial charge in [0.15, 0.2) is 0 Å². The van der Waals surface area contributed by atoms with Crippen LogP contribution in [0.2, 0.25) is 5.02 Å². The molecule has 0 unspecified atom stereocenters. The van der Waals surface area contributed by atoms with Crippen LogP contribution in [-0.2, 0) is 31.8 Å². The van der Waals surface area contributed by atoms with Crippen molar-refractivity contribution in [3.05, 3.63) is 118 Å². The van der Waals surface area contributed by atoms with Gasteiger partial charge < -0.3 is 19.3 Å². The second-order valence-electron chi connectivity index (χ2n) is 12.8. The standard InChI is InChI=1S/C38H39ClN6O4/c1-25-34(38(48)45(31-21-40-41(2)23-31)29-9-11-32(46)12-10-29)20-36(42(25)3)33-13-8-28(39)19-35(33)37(47)44-22-27-7-5-4-6-26(27)18-30(44)24-43-14-16-49-17-15-43/h4-13,19-21,23,30,46H,14-18,22,24H2,1-3H3/t30-/m0/s1. The molecule has 0 spiro atoms. The Labute approximate surface area is 290 Å². The number of nitrogens with zero attached hydrogens (tertiary/aromatic N) is 6. The number of ether oxygens (including phenoxy) is 1. The zero-order valence-electron chi connectivity index (χ0n) is 27.8. The van der Waals surface area contributed by atoms with Crippen molar-refractivity contribution in [1.29, 1.82) is 0 Å². The van der Waals surface area contributed by atoms with E-state index in [9.17, 15) is 14.7 Å². The molecule has 11 heteroatoms. The van der Waals surface area contributed by atoms with Crippen LogP contribution < -0.4 is 4.90 Å². The van der Waals surface area contributed by atoms with E-state index in [1.54, 1.807) is 65.4 Å². The van der Waals surface area contributed by atoms with Crippen molar-refractivity contribution in [3.63, 3.8) is 0 Å². The van der Waals surface area contributed by atoms with Gasteiger partial charge in [-0.3, -0.25) is 24.1 Å². The fourth-order valence-electron chi connectivity index (χ4n) is 6.95. The van der Waals surface area contributed by atoms with E-state index in [0.29, 0.717) is 52.8 Å². The summed E-state index contributed by atoms with van der Waals surface area (Å²) in [7, 11) is 3.69. The van der Waals surface area contributed by atoms with Gasteiger partial charge in [-0.2, -0.15) is 5.10 Å². The molecule has 0 saturated carbocycles. The topological polar surface area (TPSA) is 96.1 Å². The van der Waals surface area contributed by atoms with E-state index in [4.69, 9.17) is 16.3 Å². The van der Waals surface area contributed by atoms with Crippen LogP contribution in [0.15, 0.2) is 85.2 Å². The van der Waals surface area contributed by atoms with Gasteiger partial charge in [-0.25, -0.2) is 0 Å². The molecule has 2 amide bonds. The van der Waals surface area contributed by atoms with Crippen molar-refractivity contribution >= 4 is 34.8 Å². The monoisotopic (exact) mass is 678 g/mol. The third-order valence-corrected chi connectivity index (χ3v) is 9.94. The number of rotatable bonds is 7. The first-order chi connectivity index (χ1) is 23.7. The molecule has 5 aromatic rings. The van der Waals surface area contributed by atoms with Crippen LogP contribution in [0.5, 0.6) is 5.75 Å². The van der Waals surface area contributed by atoms with Gasteiger partial charge in [0.05, 0.1) is 36.2 Å². The predicted molar refractivity (Wildman–Crippen MR) is 189 cm³/mol. The maximum atomic E-state index is 14.8. The Balaban J connectivity index is 1.27. The van der Waals surface area contributed by atoms with Gasteiger partial charge in [0.2, 0.25) is 0 Å². The largest absolute Gasteiger partial charge is 0.508 e. The lowest BCUT2D eigenvalue weighted by atomic mass is 9.92. The molecule has 3 aromatic carbocycles. The predicted octanol–water partition coefficient (Wildman–Crippen LogP) is 5.97. The number of aromatic nitrogens is 3. The maximum Gasteiger partial charge on any atom is 0.264 e.